The van der Waals surface area contributed by atoms with Gasteiger partial charge in [0.2, 0.25) is 0 Å². The monoisotopic (exact) mass is 337 g/mol. The van der Waals surface area contributed by atoms with Crippen molar-refractivity contribution in [2.24, 2.45) is 0 Å². The third kappa shape index (κ3) is 4.12. The molecule has 3 heterocycles. The van der Waals surface area contributed by atoms with Crippen molar-refractivity contribution in [3.63, 3.8) is 0 Å². The van der Waals surface area contributed by atoms with E-state index in [0.717, 1.165) is 24.0 Å². The number of likely N-dealkylation sites (tertiary alicyclic amines) is 1. The lowest BCUT2D eigenvalue weighted by Crippen LogP contribution is -2.42. The number of carbonyl (C=O) groups excluding carboxylic acids is 1. The summed E-state index contributed by atoms with van der Waals surface area (Å²) in [7, 11) is 0. The third-order valence-corrected chi connectivity index (χ3v) is 4.46. The van der Waals surface area contributed by atoms with Crippen LogP contribution in [0.25, 0.3) is 0 Å². The summed E-state index contributed by atoms with van der Waals surface area (Å²) in [6, 6.07) is 5.82. The molecule has 2 atom stereocenters. The van der Waals surface area contributed by atoms with Gasteiger partial charge >= 0.3 is 0 Å². The van der Waals surface area contributed by atoms with E-state index in [2.05, 4.69) is 16.5 Å². The van der Waals surface area contributed by atoms with Crippen molar-refractivity contribution in [2.75, 3.05) is 13.2 Å². The van der Waals surface area contributed by atoms with E-state index in [0.29, 0.717) is 18.7 Å². The number of hydrogen-bond acceptors (Lipinski definition) is 4. The highest BCUT2D eigenvalue weighted by molar-refractivity contribution is 5.94. The van der Waals surface area contributed by atoms with Gasteiger partial charge in [-0.3, -0.25) is 14.8 Å². The Balaban J connectivity index is 1.83. The standard InChI is InChI=1S/C20H23N3O2/c1-3-9-25-19-6-8-23(18(19)11-16-5-4-7-21-13-16)20(24)17-10-15(2)12-22-14-17/h3-5,7,10,12-14,18-19H,1,6,8-9,11H2,2H3/t18-,19-/m1/s1. The van der Waals surface area contributed by atoms with E-state index in [1.807, 2.05) is 36.2 Å². The number of pyridine rings is 2. The minimum atomic E-state index is -0.0165. The highest BCUT2D eigenvalue weighted by Gasteiger charge is 2.38. The number of hydrogen-bond donors (Lipinski definition) is 0. The van der Waals surface area contributed by atoms with Crippen LogP contribution in [0.3, 0.4) is 0 Å². The van der Waals surface area contributed by atoms with Crippen LogP contribution in [0, 0.1) is 6.92 Å². The second kappa shape index (κ2) is 8.03. The van der Waals surface area contributed by atoms with Crippen molar-refractivity contribution in [3.05, 3.63) is 72.3 Å². The van der Waals surface area contributed by atoms with Crippen molar-refractivity contribution >= 4 is 5.91 Å². The SMILES string of the molecule is C=CCO[C@@H]1CCN(C(=O)c2cncc(C)c2)[C@@H]1Cc1cccnc1. The van der Waals surface area contributed by atoms with Gasteiger partial charge < -0.3 is 9.64 Å². The number of aromatic nitrogens is 2. The summed E-state index contributed by atoms with van der Waals surface area (Å²) in [5.74, 6) is 0.00907. The Labute approximate surface area is 148 Å². The number of ether oxygens (including phenoxy) is 1. The molecule has 0 spiro atoms. The smallest absolute Gasteiger partial charge is 0.255 e. The van der Waals surface area contributed by atoms with Crippen molar-refractivity contribution in [3.8, 4) is 0 Å². The number of aryl methyl sites for hydroxylation is 1. The Morgan fingerprint density at radius 3 is 3.00 bits per heavy atom. The van der Waals surface area contributed by atoms with Crippen LogP contribution in [0.4, 0.5) is 0 Å². The molecule has 0 radical (unpaired) electrons. The molecule has 1 aliphatic heterocycles. The van der Waals surface area contributed by atoms with Crippen molar-refractivity contribution < 1.29 is 9.53 Å². The molecular weight excluding hydrogens is 314 g/mol. The van der Waals surface area contributed by atoms with Gasteiger partial charge in [0.1, 0.15) is 0 Å². The Hall–Kier alpha value is -2.53. The van der Waals surface area contributed by atoms with E-state index in [9.17, 15) is 4.79 Å². The maximum Gasteiger partial charge on any atom is 0.255 e. The van der Waals surface area contributed by atoms with E-state index < -0.39 is 0 Å². The first kappa shape index (κ1) is 17.3. The summed E-state index contributed by atoms with van der Waals surface area (Å²) in [6.07, 6.45) is 10.3. The van der Waals surface area contributed by atoms with Crippen LogP contribution in [0.15, 0.2) is 55.6 Å². The number of amides is 1. The van der Waals surface area contributed by atoms with Gasteiger partial charge in [-0.25, -0.2) is 0 Å². The molecule has 2 aromatic heterocycles. The van der Waals surface area contributed by atoms with E-state index in [4.69, 9.17) is 4.74 Å². The van der Waals surface area contributed by atoms with Crippen LogP contribution < -0.4 is 0 Å². The molecule has 0 aromatic carbocycles. The van der Waals surface area contributed by atoms with Crippen molar-refractivity contribution in [2.45, 2.75) is 31.9 Å². The lowest BCUT2D eigenvalue weighted by Gasteiger charge is -2.28. The van der Waals surface area contributed by atoms with Gasteiger partial charge in [0.05, 0.1) is 24.3 Å². The quantitative estimate of drug-likeness (QED) is 0.761. The fraction of sp³-hybridized carbons (Fsp3) is 0.350. The highest BCUT2D eigenvalue weighted by Crippen LogP contribution is 2.26. The van der Waals surface area contributed by atoms with E-state index >= 15 is 0 Å². The molecule has 0 saturated carbocycles. The van der Waals surface area contributed by atoms with Gasteiger partial charge in [-0.05, 0) is 43.0 Å². The largest absolute Gasteiger partial charge is 0.372 e. The summed E-state index contributed by atoms with van der Waals surface area (Å²) in [6.45, 7) is 6.83. The molecule has 2 aromatic rings. The zero-order valence-electron chi connectivity index (χ0n) is 14.5. The van der Waals surface area contributed by atoms with Crippen molar-refractivity contribution in [1.82, 2.24) is 14.9 Å². The molecule has 5 nitrogen and oxygen atoms in total. The molecule has 0 N–H and O–H groups in total. The number of carbonyl (C=O) groups is 1. The molecule has 1 fully saturated rings. The molecule has 25 heavy (non-hydrogen) atoms. The summed E-state index contributed by atoms with van der Waals surface area (Å²) >= 11 is 0. The van der Waals surface area contributed by atoms with Gasteiger partial charge in [-0.1, -0.05) is 12.1 Å². The Bertz CT molecular complexity index is 733. The molecule has 1 aliphatic rings. The maximum absolute atomic E-state index is 13.0. The maximum atomic E-state index is 13.0. The highest BCUT2D eigenvalue weighted by atomic mass is 16.5. The van der Waals surface area contributed by atoms with Gasteiger partial charge in [0.15, 0.2) is 0 Å². The van der Waals surface area contributed by atoms with Crippen LogP contribution in [-0.2, 0) is 11.2 Å². The lowest BCUT2D eigenvalue weighted by molar-refractivity contribution is 0.0379. The summed E-state index contributed by atoms with van der Waals surface area (Å²) < 4.78 is 5.93. The van der Waals surface area contributed by atoms with Crippen LogP contribution in [0.1, 0.15) is 27.9 Å². The van der Waals surface area contributed by atoms with E-state index in [-0.39, 0.29) is 18.1 Å². The Kier molecular flexibility index (Phi) is 5.56. The van der Waals surface area contributed by atoms with Gasteiger partial charge in [0, 0.05) is 31.3 Å². The molecular formula is C20H23N3O2. The van der Waals surface area contributed by atoms with Gasteiger partial charge in [-0.15, -0.1) is 6.58 Å². The van der Waals surface area contributed by atoms with E-state index in [1.54, 1.807) is 24.7 Å². The number of rotatable bonds is 6. The summed E-state index contributed by atoms with van der Waals surface area (Å²) in [5, 5.41) is 0. The minimum absolute atomic E-state index is 0.0000699. The fourth-order valence-corrected chi connectivity index (χ4v) is 3.30. The summed E-state index contributed by atoms with van der Waals surface area (Å²) in [5.41, 5.74) is 2.70. The average molecular weight is 337 g/mol. The minimum Gasteiger partial charge on any atom is -0.372 e. The van der Waals surface area contributed by atoms with Crippen molar-refractivity contribution in [1.29, 1.82) is 0 Å². The number of nitrogens with zero attached hydrogens (tertiary/aromatic N) is 3. The van der Waals surface area contributed by atoms with Crippen LogP contribution >= 0.6 is 0 Å². The molecule has 1 amide bonds. The molecule has 0 aliphatic carbocycles. The van der Waals surface area contributed by atoms with Crippen LogP contribution in [0.2, 0.25) is 0 Å². The predicted molar refractivity (Wildman–Crippen MR) is 96.3 cm³/mol. The van der Waals surface area contributed by atoms with Gasteiger partial charge in [-0.2, -0.15) is 0 Å². The topological polar surface area (TPSA) is 55.3 Å². The molecule has 0 unspecified atom stereocenters. The Morgan fingerprint density at radius 1 is 1.40 bits per heavy atom. The second-order valence-corrected chi connectivity index (χ2v) is 6.33. The first-order valence-electron chi connectivity index (χ1n) is 8.53. The normalized spacial score (nSPS) is 19.8. The second-order valence-electron chi connectivity index (χ2n) is 6.33. The van der Waals surface area contributed by atoms with Crippen LogP contribution in [-0.4, -0.2) is 46.1 Å². The zero-order chi connectivity index (χ0) is 17.6. The molecule has 3 rings (SSSR count). The third-order valence-electron chi connectivity index (χ3n) is 4.46. The van der Waals surface area contributed by atoms with Gasteiger partial charge in [0.25, 0.3) is 5.91 Å². The van der Waals surface area contributed by atoms with E-state index in [1.165, 1.54) is 0 Å². The zero-order valence-corrected chi connectivity index (χ0v) is 14.5. The first-order valence-corrected chi connectivity index (χ1v) is 8.53. The lowest BCUT2D eigenvalue weighted by atomic mass is 10.0. The molecule has 1 saturated heterocycles. The fourth-order valence-electron chi connectivity index (χ4n) is 3.30. The van der Waals surface area contributed by atoms with Crippen LogP contribution in [0.5, 0.6) is 0 Å². The predicted octanol–water partition coefficient (Wildman–Crippen LogP) is 2.81. The molecule has 5 heteroatoms. The molecule has 130 valence electrons. The first-order chi connectivity index (χ1) is 12.2. The Morgan fingerprint density at radius 2 is 2.28 bits per heavy atom. The average Bonchev–Trinajstić information content (AvgIpc) is 3.02. The molecule has 0 bridgehead atoms. The summed E-state index contributed by atoms with van der Waals surface area (Å²) in [4.78, 5) is 23.3.